The molecule has 0 bridgehead atoms. The van der Waals surface area contributed by atoms with Crippen molar-refractivity contribution in [3.05, 3.63) is 0 Å². The fraction of sp³-hybridized carbons (Fsp3) is 1.00. The van der Waals surface area contributed by atoms with Crippen molar-refractivity contribution in [1.82, 2.24) is 5.32 Å². The van der Waals surface area contributed by atoms with E-state index < -0.39 is 0 Å². The molecule has 0 saturated heterocycles. The largest absolute Gasteiger partial charge is 0.314 e. The van der Waals surface area contributed by atoms with Gasteiger partial charge in [-0.25, -0.2) is 0 Å². The van der Waals surface area contributed by atoms with Crippen LogP contribution >= 0.6 is 0 Å². The molecule has 0 atom stereocenters. The minimum atomic E-state index is 0.511. The molecule has 0 aromatic carbocycles. The summed E-state index contributed by atoms with van der Waals surface area (Å²) in [4.78, 5) is 0. The van der Waals surface area contributed by atoms with Crippen LogP contribution in [0.3, 0.4) is 0 Å². The van der Waals surface area contributed by atoms with E-state index in [9.17, 15) is 0 Å². The zero-order chi connectivity index (χ0) is 15.2. The summed E-state index contributed by atoms with van der Waals surface area (Å²) in [6.45, 7) is 15.6. The third-order valence-electron chi connectivity index (χ3n) is 4.70. The molecule has 0 radical (unpaired) electrons. The fourth-order valence-corrected chi connectivity index (χ4v) is 4.33. The van der Waals surface area contributed by atoms with Crippen molar-refractivity contribution in [1.29, 1.82) is 0 Å². The minimum Gasteiger partial charge on any atom is -0.314 e. The highest BCUT2D eigenvalue weighted by atomic mass is 14.9. The van der Waals surface area contributed by atoms with Crippen LogP contribution in [-0.2, 0) is 0 Å². The summed E-state index contributed by atoms with van der Waals surface area (Å²) >= 11 is 0. The number of hydrogen-bond donors (Lipinski definition) is 1. The van der Waals surface area contributed by atoms with Gasteiger partial charge in [0.2, 0.25) is 0 Å². The van der Waals surface area contributed by atoms with Crippen LogP contribution in [0.25, 0.3) is 0 Å². The van der Waals surface area contributed by atoms with Crippen molar-refractivity contribution in [2.45, 2.75) is 99.0 Å². The van der Waals surface area contributed by atoms with Gasteiger partial charge in [-0.1, -0.05) is 67.2 Å². The van der Waals surface area contributed by atoms with Crippen molar-refractivity contribution in [3.8, 4) is 0 Å². The first kappa shape index (κ1) is 18.0. The maximum Gasteiger partial charge on any atom is 0.00772 e. The average molecular weight is 282 g/mol. The average Bonchev–Trinajstić information content (AvgIpc) is 2.22. The van der Waals surface area contributed by atoms with Gasteiger partial charge in [0.05, 0.1) is 0 Å². The predicted octanol–water partition coefficient (Wildman–Crippen LogP) is 5.79. The summed E-state index contributed by atoms with van der Waals surface area (Å²) in [6.07, 6.45) is 11.1. The van der Waals surface area contributed by atoms with Crippen LogP contribution in [0.2, 0.25) is 0 Å². The lowest BCUT2D eigenvalue weighted by molar-refractivity contribution is 0.0851. The van der Waals surface area contributed by atoms with Crippen LogP contribution in [0.5, 0.6) is 0 Å². The quantitative estimate of drug-likeness (QED) is 0.555. The molecule has 1 heteroatoms. The van der Waals surface area contributed by atoms with Crippen LogP contribution in [0, 0.1) is 16.7 Å². The first-order valence-electron chi connectivity index (χ1n) is 8.94. The topological polar surface area (TPSA) is 12.0 Å². The molecule has 0 amide bonds. The zero-order valence-corrected chi connectivity index (χ0v) is 15.0. The zero-order valence-electron chi connectivity index (χ0n) is 15.0. The number of hydrogen-bond acceptors (Lipinski definition) is 1. The van der Waals surface area contributed by atoms with Gasteiger partial charge in [0.25, 0.3) is 0 Å². The SMILES string of the molecule is CC(C)CCCCCCNC1CC(C)(C)CC(C)(C)C1. The van der Waals surface area contributed by atoms with Crippen LogP contribution in [-0.4, -0.2) is 12.6 Å². The summed E-state index contributed by atoms with van der Waals surface area (Å²) < 4.78 is 0. The Bertz CT molecular complexity index is 249. The Kier molecular flexibility index (Phi) is 7.04. The smallest absolute Gasteiger partial charge is 0.00772 e. The van der Waals surface area contributed by atoms with E-state index in [1.165, 1.54) is 57.9 Å². The van der Waals surface area contributed by atoms with Gasteiger partial charge < -0.3 is 5.32 Å². The molecule has 1 rings (SSSR count). The summed E-state index contributed by atoms with van der Waals surface area (Å²) in [7, 11) is 0. The lowest BCUT2D eigenvalue weighted by Crippen LogP contribution is -2.44. The molecular weight excluding hydrogens is 242 g/mol. The van der Waals surface area contributed by atoms with Crippen molar-refractivity contribution < 1.29 is 0 Å². The Morgan fingerprint density at radius 3 is 2.00 bits per heavy atom. The molecule has 0 heterocycles. The first-order valence-corrected chi connectivity index (χ1v) is 8.94. The summed E-state index contributed by atoms with van der Waals surface area (Å²) in [5, 5.41) is 3.83. The second kappa shape index (κ2) is 7.82. The number of rotatable bonds is 8. The van der Waals surface area contributed by atoms with Crippen LogP contribution in [0.1, 0.15) is 92.9 Å². The van der Waals surface area contributed by atoms with E-state index >= 15 is 0 Å². The Morgan fingerprint density at radius 1 is 0.900 bits per heavy atom. The maximum absolute atomic E-state index is 3.83. The van der Waals surface area contributed by atoms with Crippen molar-refractivity contribution in [2.24, 2.45) is 16.7 Å². The monoisotopic (exact) mass is 281 g/mol. The number of nitrogens with one attached hydrogen (secondary N) is 1. The van der Waals surface area contributed by atoms with Gasteiger partial charge in [-0.2, -0.15) is 0 Å². The summed E-state index contributed by atoms with van der Waals surface area (Å²) in [6, 6.07) is 0.740. The second-order valence-electron chi connectivity index (χ2n) is 9.16. The lowest BCUT2D eigenvalue weighted by Gasteiger charge is -2.45. The highest BCUT2D eigenvalue weighted by Crippen LogP contribution is 2.45. The molecule has 0 unspecified atom stereocenters. The Labute approximate surface area is 128 Å². The second-order valence-corrected chi connectivity index (χ2v) is 9.16. The van der Waals surface area contributed by atoms with E-state index in [-0.39, 0.29) is 0 Å². The fourth-order valence-electron chi connectivity index (χ4n) is 4.33. The molecule has 1 nitrogen and oxygen atoms in total. The van der Waals surface area contributed by atoms with E-state index in [0.29, 0.717) is 10.8 Å². The molecule has 0 aliphatic heterocycles. The maximum atomic E-state index is 3.83. The summed E-state index contributed by atoms with van der Waals surface area (Å²) in [5.74, 6) is 0.875. The van der Waals surface area contributed by atoms with E-state index in [1.54, 1.807) is 0 Å². The highest BCUT2D eigenvalue weighted by molar-refractivity contribution is 4.92. The molecule has 1 fully saturated rings. The van der Waals surface area contributed by atoms with E-state index in [4.69, 9.17) is 0 Å². The molecule has 20 heavy (non-hydrogen) atoms. The van der Waals surface area contributed by atoms with E-state index in [1.807, 2.05) is 0 Å². The van der Waals surface area contributed by atoms with Gasteiger partial charge in [0, 0.05) is 6.04 Å². The third kappa shape index (κ3) is 7.67. The molecule has 0 spiro atoms. The molecule has 1 saturated carbocycles. The van der Waals surface area contributed by atoms with Crippen molar-refractivity contribution in [2.75, 3.05) is 6.54 Å². The Hall–Kier alpha value is -0.0400. The molecule has 1 N–H and O–H groups in total. The Morgan fingerprint density at radius 2 is 1.45 bits per heavy atom. The molecule has 120 valence electrons. The Balaban J connectivity index is 2.12. The number of unbranched alkanes of at least 4 members (excludes halogenated alkanes) is 3. The predicted molar refractivity (Wildman–Crippen MR) is 91.1 cm³/mol. The van der Waals surface area contributed by atoms with Crippen LogP contribution in [0.4, 0.5) is 0 Å². The van der Waals surface area contributed by atoms with Gasteiger partial charge in [-0.15, -0.1) is 0 Å². The standard InChI is InChI=1S/C19H39N/c1-16(2)11-9-7-8-10-12-20-17-13-18(3,4)15-19(5,6)14-17/h16-17,20H,7-15H2,1-6H3. The van der Waals surface area contributed by atoms with Gasteiger partial charge in [-0.05, 0) is 49.0 Å². The lowest BCUT2D eigenvalue weighted by atomic mass is 9.63. The van der Waals surface area contributed by atoms with Gasteiger partial charge in [0.15, 0.2) is 0 Å². The van der Waals surface area contributed by atoms with Gasteiger partial charge >= 0.3 is 0 Å². The normalized spacial score (nSPS) is 22.4. The van der Waals surface area contributed by atoms with Crippen LogP contribution < -0.4 is 5.32 Å². The molecule has 1 aliphatic carbocycles. The molecule has 0 aromatic heterocycles. The van der Waals surface area contributed by atoms with Crippen LogP contribution in [0.15, 0.2) is 0 Å². The summed E-state index contributed by atoms with van der Waals surface area (Å²) in [5.41, 5.74) is 1.02. The van der Waals surface area contributed by atoms with Crippen molar-refractivity contribution >= 4 is 0 Å². The molecular formula is C19H39N. The highest BCUT2D eigenvalue weighted by Gasteiger charge is 2.37. The van der Waals surface area contributed by atoms with Crippen molar-refractivity contribution in [3.63, 3.8) is 0 Å². The van der Waals surface area contributed by atoms with Gasteiger partial charge in [0.1, 0.15) is 0 Å². The van der Waals surface area contributed by atoms with Gasteiger partial charge in [-0.3, -0.25) is 0 Å². The first-order chi connectivity index (χ1) is 9.20. The molecule has 1 aliphatic rings. The molecule has 0 aromatic rings. The van der Waals surface area contributed by atoms with E-state index in [0.717, 1.165) is 12.0 Å². The van der Waals surface area contributed by atoms with E-state index in [2.05, 4.69) is 46.9 Å². The third-order valence-corrected chi connectivity index (χ3v) is 4.70. The minimum absolute atomic E-state index is 0.511.